The Morgan fingerprint density at radius 1 is 1.40 bits per heavy atom. The summed E-state index contributed by atoms with van der Waals surface area (Å²) in [6, 6.07) is 4.10. The molecule has 0 fully saturated rings. The van der Waals surface area contributed by atoms with Crippen molar-refractivity contribution in [3.8, 4) is 11.5 Å². The Labute approximate surface area is 118 Å². The highest BCUT2D eigenvalue weighted by Gasteiger charge is 2.29. The van der Waals surface area contributed by atoms with E-state index < -0.39 is 18.8 Å². The molecule has 1 aromatic rings. The fourth-order valence-corrected chi connectivity index (χ4v) is 1.44. The number of thiocarbonyl (C=S) groups is 1. The lowest BCUT2D eigenvalue weighted by molar-refractivity contribution is -0.153. The molecule has 0 radical (unpaired) electrons. The molecule has 0 atom stereocenters. The van der Waals surface area contributed by atoms with E-state index in [-0.39, 0.29) is 23.5 Å². The first-order valence-corrected chi connectivity index (χ1v) is 5.82. The predicted molar refractivity (Wildman–Crippen MR) is 68.0 cm³/mol. The second kappa shape index (κ2) is 7.09. The van der Waals surface area contributed by atoms with Crippen molar-refractivity contribution in [3.05, 3.63) is 23.8 Å². The highest BCUT2D eigenvalue weighted by Crippen LogP contribution is 2.27. The van der Waals surface area contributed by atoms with E-state index in [0.29, 0.717) is 0 Å². The molecule has 0 aliphatic heterocycles. The Morgan fingerprint density at radius 2 is 2.10 bits per heavy atom. The van der Waals surface area contributed by atoms with Gasteiger partial charge in [0.2, 0.25) is 0 Å². The molecule has 0 aromatic heterocycles. The van der Waals surface area contributed by atoms with E-state index in [4.69, 9.17) is 4.74 Å². The first kappa shape index (κ1) is 16.2. The number of halogens is 3. The van der Waals surface area contributed by atoms with Crippen LogP contribution in [0.1, 0.15) is 5.56 Å². The molecule has 4 nitrogen and oxygen atoms in total. The van der Waals surface area contributed by atoms with Crippen molar-refractivity contribution in [2.75, 3.05) is 13.7 Å². The van der Waals surface area contributed by atoms with Crippen molar-refractivity contribution in [1.82, 2.24) is 0 Å². The summed E-state index contributed by atoms with van der Waals surface area (Å²) in [5, 5.41) is 0. The van der Waals surface area contributed by atoms with E-state index >= 15 is 0 Å². The second-order valence-electron chi connectivity index (χ2n) is 3.64. The predicted octanol–water partition coefficient (Wildman–Crippen LogP) is 2.68. The number of esters is 1. The van der Waals surface area contributed by atoms with E-state index in [1.54, 1.807) is 0 Å². The van der Waals surface area contributed by atoms with Crippen molar-refractivity contribution in [2.45, 2.75) is 12.6 Å². The minimum atomic E-state index is -4.48. The van der Waals surface area contributed by atoms with Gasteiger partial charge in [0.25, 0.3) is 0 Å². The molecule has 1 rings (SSSR count). The van der Waals surface area contributed by atoms with Crippen LogP contribution in [-0.4, -0.2) is 31.4 Å². The van der Waals surface area contributed by atoms with E-state index in [9.17, 15) is 18.0 Å². The fourth-order valence-electron chi connectivity index (χ4n) is 1.33. The molecule has 0 N–H and O–H groups in total. The number of hydrogen-bond acceptors (Lipinski definition) is 5. The summed E-state index contributed by atoms with van der Waals surface area (Å²) in [7, 11) is 1.18. The smallest absolute Gasteiger partial charge is 0.422 e. The zero-order valence-electron chi connectivity index (χ0n) is 10.4. The van der Waals surface area contributed by atoms with Crippen molar-refractivity contribution in [3.63, 3.8) is 0 Å². The lowest BCUT2D eigenvalue weighted by Crippen LogP contribution is -2.20. The molecule has 0 saturated carbocycles. The van der Waals surface area contributed by atoms with Crippen LogP contribution in [-0.2, 0) is 16.0 Å². The zero-order valence-corrected chi connectivity index (χ0v) is 11.2. The van der Waals surface area contributed by atoms with Gasteiger partial charge in [-0.05, 0) is 18.3 Å². The third kappa shape index (κ3) is 5.43. The first-order chi connectivity index (χ1) is 9.35. The van der Waals surface area contributed by atoms with Crippen LogP contribution < -0.4 is 9.47 Å². The molecule has 8 heteroatoms. The quantitative estimate of drug-likeness (QED) is 0.597. The molecule has 110 valence electrons. The zero-order chi connectivity index (χ0) is 15.2. The van der Waals surface area contributed by atoms with Gasteiger partial charge in [0.1, 0.15) is 11.5 Å². The van der Waals surface area contributed by atoms with Gasteiger partial charge in [0, 0.05) is 11.6 Å². The molecule has 0 bridgehead atoms. The lowest BCUT2D eigenvalue weighted by atomic mass is 10.1. The van der Waals surface area contributed by atoms with Crippen molar-refractivity contribution >= 4 is 23.7 Å². The van der Waals surface area contributed by atoms with Gasteiger partial charge in [-0.25, -0.2) is 0 Å². The summed E-state index contributed by atoms with van der Waals surface area (Å²) in [5.41, 5.74) is 1.22. The second-order valence-corrected chi connectivity index (χ2v) is 3.83. The molecule has 0 aliphatic carbocycles. The Balaban J connectivity index is 2.96. The van der Waals surface area contributed by atoms with Crippen LogP contribution >= 0.6 is 12.2 Å². The Morgan fingerprint density at radius 3 is 2.65 bits per heavy atom. The van der Waals surface area contributed by atoms with Gasteiger partial charge in [-0.15, -0.1) is 0 Å². The van der Waals surface area contributed by atoms with E-state index in [1.165, 1.54) is 25.3 Å². The van der Waals surface area contributed by atoms with Crippen molar-refractivity contribution in [2.24, 2.45) is 0 Å². The monoisotopic (exact) mass is 308 g/mol. The summed E-state index contributed by atoms with van der Waals surface area (Å²) in [6.07, 6.45) is -4.69. The highest BCUT2D eigenvalue weighted by atomic mass is 32.1. The van der Waals surface area contributed by atoms with Crippen LogP contribution in [0.4, 0.5) is 13.2 Å². The normalized spacial score (nSPS) is 10.8. The molecular weight excluding hydrogens is 297 g/mol. The number of rotatable bonds is 6. The van der Waals surface area contributed by atoms with Crippen LogP contribution in [0.15, 0.2) is 18.2 Å². The molecule has 0 spiro atoms. The van der Waals surface area contributed by atoms with Crippen LogP contribution in [0.2, 0.25) is 0 Å². The summed E-state index contributed by atoms with van der Waals surface area (Å²) in [4.78, 5) is 11.2. The molecular formula is C12H11F3O4S. The van der Waals surface area contributed by atoms with E-state index in [2.05, 4.69) is 21.7 Å². The number of carbonyl (C=O) groups excluding carboxylic acids is 1. The third-order valence-electron chi connectivity index (χ3n) is 2.18. The highest BCUT2D eigenvalue weighted by molar-refractivity contribution is 7.78. The number of hydrogen-bond donors (Lipinski definition) is 0. The van der Waals surface area contributed by atoms with Gasteiger partial charge >= 0.3 is 12.1 Å². The number of benzene rings is 1. The molecule has 0 saturated heterocycles. The minimum Gasteiger partial charge on any atom is -0.484 e. The molecule has 1 aromatic carbocycles. The van der Waals surface area contributed by atoms with Crippen LogP contribution in [0.3, 0.4) is 0 Å². The van der Waals surface area contributed by atoms with Crippen molar-refractivity contribution < 1.29 is 32.2 Å². The van der Waals surface area contributed by atoms with E-state index in [0.717, 1.165) is 5.55 Å². The molecule has 0 unspecified atom stereocenters. The van der Waals surface area contributed by atoms with E-state index in [1.807, 2.05) is 0 Å². The SMILES string of the molecule is COC(=O)Cc1ccc(OC=S)cc1OCC(F)(F)F. The summed E-state index contributed by atoms with van der Waals surface area (Å²) < 4.78 is 50.6. The lowest BCUT2D eigenvalue weighted by Gasteiger charge is -2.13. The summed E-state index contributed by atoms with van der Waals surface area (Å²) in [6.45, 7) is -1.47. The third-order valence-corrected chi connectivity index (χ3v) is 2.27. The summed E-state index contributed by atoms with van der Waals surface area (Å²) in [5.74, 6) is -0.488. The van der Waals surface area contributed by atoms with Gasteiger partial charge in [-0.1, -0.05) is 6.07 Å². The maximum Gasteiger partial charge on any atom is 0.422 e. The Bertz CT molecular complexity index is 488. The van der Waals surface area contributed by atoms with Gasteiger partial charge in [0.05, 0.1) is 13.5 Å². The number of carbonyl (C=O) groups is 1. The first-order valence-electron chi connectivity index (χ1n) is 5.35. The van der Waals surface area contributed by atoms with Gasteiger partial charge in [-0.2, -0.15) is 13.2 Å². The number of alkyl halides is 3. The van der Waals surface area contributed by atoms with Crippen LogP contribution in [0.5, 0.6) is 11.5 Å². The fraction of sp³-hybridized carbons (Fsp3) is 0.333. The van der Waals surface area contributed by atoms with Gasteiger partial charge in [-0.3, -0.25) is 4.79 Å². The molecule has 0 amide bonds. The topological polar surface area (TPSA) is 44.8 Å². The van der Waals surface area contributed by atoms with Crippen molar-refractivity contribution in [1.29, 1.82) is 0 Å². The van der Waals surface area contributed by atoms with Crippen LogP contribution in [0, 0.1) is 0 Å². The molecule has 0 heterocycles. The maximum absolute atomic E-state index is 12.2. The minimum absolute atomic E-state index is 0.109. The molecule has 20 heavy (non-hydrogen) atoms. The maximum atomic E-state index is 12.2. The Kier molecular flexibility index (Phi) is 5.75. The van der Waals surface area contributed by atoms with Gasteiger partial charge < -0.3 is 14.2 Å². The van der Waals surface area contributed by atoms with Gasteiger partial charge in [0.15, 0.2) is 12.2 Å². The number of ether oxygens (including phenoxy) is 3. The standard InChI is InChI=1S/C12H11F3O4S/c1-17-11(16)4-8-2-3-9(19-7-20)5-10(8)18-6-12(13,14)15/h2-3,5,7H,4,6H2,1H3. The Hall–Kier alpha value is -1.83. The molecule has 0 aliphatic rings. The number of methoxy groups -OCH3 is 1. The average molecular weight is 308 g/mol. The summed E-state index contributed by atoms with van der Waals surface area (Å²) >= 11 is 4.48. The largest absolute Gasteiger partial charge is 0.484 e. The average Bonchev–Trinajstić information content (AvgIpc) is 2.38. The van der Waals surface area contributed by atoms with Crippen LogP contribution in [0.25, 0.3) is 0 Å².